The Bertz CT molecular complexity index is 1330. The number of imidazole rings is 1. The molecule has 6 rings (SSSR count). The summed E-state index contributed by atoms with van der Waals surface area (Å²) >= 11 is 5.90. The Morgan fingerprint density at radius 3 is 2.58 bits per heavy atom. The molecule has 2 aliphatic carbocycles. The molecule has 0 bridgehead atoms. The number of nitrogens with two attached hydrogens (primary N) is 1. The highest BCUT2D eigenvalue weighted by molar-refractivity contribution is 6.31. The highest BCUT2D eigenvalue weighted by Gasteiger charge is 2.50. The molecule has 1 amide bonds. The summed E-state index contributed by atoms with van der Waals surface area (Å²) in [6.07, 6.45) is 6.13. The second-order valence-corrected chi connectivity index (χ2v) is 10.6. The number of aromatic nitrogens is 4. The first-order chi connectivity index (χ1) is 17.3. The van der Waals surface area contributed by atoms with E-state index in [1.165, 1.54) is 0 Å². The van der Waals surface area contributed by atoms with E-state index >= 15 is 0 Å². The zero-order valence-corrected chi connectivity index (χ0v) is 20.2. The first-order valence-corrected chi connectivity index (χ1v) is 12.5. The Hall–Kier alpha value is -3.05. The topological polar surface area (TPSA) is 120 Å². The highest BCUT2D eigenvalue weighted by Crippen LogP contribution is 2.47. The van der Waals surface area contributed by atoms with Gasteiger partial charge in [-0.1, -0.05) is 11.6 Å². The van der Waals surface area contributed by atoms with E-state index < -0.39 is 17.3 Å². The maximum Gasteiger partial charge on any atom is 0.224 e. The van der Waals surface area contributed by atoms with Crippen molar-refractivity contribution < 1.29 is 18.3 Å². The molecule has 1 aliphatic heterocycles. The summed E-state index contributed by atoms with van der Waals surface area (Å²) < 4.78 is 36.4. The Balaban J connectivity index is 1.34. The van der Waals surface area contributed by atoms with Crippen molar-refractivity contribution in [2.45, 2.75) is 50.6 Å². The molecular formula is C24H26ClF2N7O2. The number of fused-ring (bicyclic) bond motifs is 1. The molecule has 4 N–H and O–H groups in total. The molecule has 3 heterocycles. The average Bonchev–Trinajstić information content (AvgIpc) is 3.17. The van der Waals surface area contributed by atoms with Crippen LogP contribution in [0.2, 0.25) is 5.02 Å². The van der Waals surface area contributed by atoms with E-state index in [0.29, 0.717) is 48.2 Å². The second kappa shape index (κ2) is 8.81. The van der Waals surface area contributed by atoms with E-state index in [2.05, 4.69) is 20.6 Å². The summed E-state index contributed by atoms with van der Waals surface area (Å²) in [5, 5.41) is 5.99. The number of carbonyl (C=O) groups excluding carboxylic acids is 1. The summed E-state index contributed by atoms with van der Waals surface area (Å²) in [4.78, 5) is 25.4. The van der Waals surface area contributed by atoms with Crippen molar-refractivity contribution in [3.8, 4) is 0 Å². The molecule has 2 saturated carbocycles. The van der Waals surface area contributed by atoms with E-state index in [1.54, 1.807) is 6.20 Å². The molecule has 36 heavy (non-hydrogen) atoms. The number of anilines is 3. The molecular weight excluding hydrogens is 492 g/mol. The minimum Gasteiger partial charge on any atom is -0.380 e. The lowest BCUT2D eigenvalue weighted by Crippen LogP contribution is -2.56. The molecule has 0 radical (unpaired) electrons. The number of carbonyl (C=O) groups is 1. The summed E-state index contributed by atoms with van der Waals surface area (Å²) in [6.45, 7) is 1.61. The van der Waals surface area contributed by atoms with Crippen LogP contribution in [0, 0.1) is 23.0 Å². The van der Waals surface area contributed by atoms with Gasteiger partial charge in [0.05, 0.1) is 24.4 Å². The lowest BCUT2D eigenvalue weighted by atomic mass is 9.64. The van der Waals surface area contributed by atoms with Gasteiger partial charge in [0.25, 0.3) is 0 Å². The number of amides is 1. The van der Waals surface area contributed by atoms with E-state index in [0.717, 1.165) is 38.2 Å². The summed E-state index contributed by atoms with van der Waals surface area (Å²) in [6, 6.07) is 2.43. The normalized spacial score (nSPS) is 23.3. The van der Waals surface area contributed by atoms with E-state index in [9.17, 15) is 13.6 Å². The number of hydrogen-bond acceptors (Lipinski definition) is 7. The maximum atomic E-state index is 14.7. The fraction of sp³-hybridized carbons (Fsp3) is 0.500. The van der Waals surface area contributed by atoms with Crippen LogP contribution in [0.15, 0.2) is 18.3 Å². The van der Waals surface area contributed by atoms with Crippen LogP contribution in [-0.2, 0) is 9.53 Å². The van der Waals surface area contributed by atoms with Gasteiger partial charge in [0.2, 0.25) is 17.8 Å². The Morgan fingerprint density at radius 2 is 1.92 bits per heavy atom. The standard InChI is InChI=1S/C24H26ClF2N7O2/c25-15-5-6-16(26)19(18(15)27)32-23-31-17-9-29-22(30-13-7-24(8-13)10-36-11-24)33-21(17)34(23)14-3-1-12(2-4-14)20(28)35/h5-6,9,12-14H,1-4,7-8,10-11H2,(H2,28,35)(H,31,32)(H,29,30,33)/t12-,14+. The smallest absolute Gasteiger partial charge is 0.224 e. The van der Waals surface area contributed by atoms with Crippen molar-refractivity contribution in [1.29, 1.82) is 0 Å². The van der Waals surface area contributed by atoms with Gasteiger partial charge in [-0.3, -0.25) is 9.36 Å². The van der Waals surface area contributed by atoms with Gasteiger partial charge in [-0.25, -0.2) is 18.7 Å². The van der Waals surface area contributed by atoms with Crippen LogP contribution < -0.4 is 16.4 Å². The van der Waals surface area contributed by atoms with Gasteiger partial charge in [0.1, 0.15) is 17.0 Å². The van der Waals surface area contributed by atoms with Gasteiger partial charge >= 0.3 is 0 Å². The molecule has 2 aromatic heterocycles. The second-order valence-electron chi connectivity index (χ2n) is 10.2. The van der Waals surface area contributed by atoms with Crippen molar-refractivity contribution in [3.63, 3.8) is 0 Å². The third kappa shape index (κ3) is 4.03. The number of nitrogens with zero attached hydrogens (tertiary/aromatic N) is 4. The Kier molecular flexibility index (Phi) is 5.71. The number of nitrogens with one attached hydrogen (secondary N) is 2. The molecule has 3 fully saturated rings. The molecule has 1 saturated heterocycles. The third-order valence-electron chi connectivity index (χ3n) is 7.69. The maximum absolute atomic E-state index is 14.7. The molecule has 1 spiro atoms. The number of halogens is 3. The summed E-state index contributed by atoms with van der Waals surface area (Å²) in [5.74, 6) is -1.49. The number of benzene rings is 1. The van der Waals surface area contributed by atoms with Crippen LogP contribution in [0.3, 0.4) is 0 Å². The van der Waals surface area contributed by atoms with Crippen LogP contribution in [0.5, 0.6) is 0 Å². The average molecular weight is 518 g/mol. The molecule has 0 atom stereocenters. The quantitative estimate of drug-likeness (QED) is 0.417. The van der Waals surface area contributed by atoms with Crippen molar-refractivity contribution in [2.75, 3.05) is 23.8 Å². The van der Waals surface area contributed by atoms with Crippen molar-refractivity contribution in [3.05, 3.63) is 35.0 Å². The lowest BCUT2D eigenvalue weighted by Gasteiger charge is -2.53. The molecule has 0 unspecified atom stereocenters. The molecule has 1 aromatic carbocycles. The fourth-order valence-corrected chi connectivity index (χ4v) is 5.82. The Morgan fingerprint density at radius 1 is 1.17 bits per heavy atom. The van der Waals surface area contributed by atoms with Gasteiger partial charge < -0.3 is 21.1 Å². The molecule has 9 nitrogen and oxygen atoms in total. The van der Waals surface area contributed by atoms with E-state index in [4.69, 9.17) is 27.1 Å². The fourth-order valence-electron chi connectivity index (χ4n) is 5.66. The van der Waals surface area contributed by atoms with Gasteiger partial charge in [0.15, 0.2) is 11.5 Å². The third-order valence-corrected chi connectivity index (χ3v) is 7.98. The van der Waals surface area contributed by atoms with Crippen LogP contribution in [-0.4, -0.2) is 44.7 Å². The van der Waals surface area contributed by atoms with Crippen LogP contribution in [0.25, 0.3) is 11.2 Å². The Labute approximate surface area is 210 Å². The SMILES string of the molecule is NC(=O)[C@H]1CC[C@@H](n2c(Nc3c(F)ccc(Cl)c3F)nc3cnc(NC4CC5(COC5)C4)nc32)CC1. The monoisotopic (exact) mass is 517 g/mol. The predicted octanol–water partition coefficient (Wildman–Crippen LogP) is 4.31. The van der Waals surface area contributed by atoms with E-state index in [1.807, 2.05) is 4.57 Å². The van der Waals surface area contributed by atoms with Crippen molar-refractivity contribution in [1.82, 2.24) is 19.5 Å². The van der Waals surface area contributed by atoms with Gasteiger partial charge in [0, 0.05) is 23.4 Å². The molecule has 3 aliphatic rings. The molecule has 3 aromatic rings. The zero-order chi connectivity index (χ0) is 25.0. The molecule has 190 valence electrons. The summed E-state index contributed by atoms with van der Waals surface area (Å²) in [7, 11) is 0. The van der Waals surface area contributed by atoms with Crippen LogP contribution in [0.4, 0.5) is 26.4 Å². The van der Waals surface area contributed by atoms with Gasteiger partial charge in [-0.15, -0.1) is 0 Å². The van der Waals surface area contributed by atoms with Crippen molar-refractivity contribution in [2.24, 2.45) is 17.1 Å². The first-order valence-electron chi connectivity index (χ1n) is 12.1. The number of rotatable bonds is 6. The van der Waals surface area contributed by atoms with E-state index in [-0.39, 0.29) is 34.9 Å². The molecule has 12 heteroatoms. The number of primary amides is 1. The largest absolute Gasteiger partial charge is 0.380 e. The first kappa shape index (κ1) is 23.4. The van der Waals surface area contributed by atoms with Crippen LogP contribution in [0.1, 0.15) is 44.6 Å². The summed E-state index contributed by atoms with van der Waals surface area (Å²) in [5.41, 5.74) is 6.45. The van der Waals surface area contributed by atoms with Crippen LogP contribution >= 0.6 is 11.6 Å². The van der Waals surface area contributed by atoms with Crippen molar-refractivity contribution >= 4 is 46.3 Å². The predicted molar refractivity (Wildman–Crippen MR) is 130 cm³/mol. The lowest BCUT2D eigenvalue weighted by molar-refractivity contribution is -0.160. The minimum absolute atomic E-state index is 0.0970. The van der Waals surface area contributed by atoms with Gasteiger partial charge in [-0.05, 0) is 50.7 Å². The number of hydrogen-bond donors (Lipinski definition) is 3. The van der Waals surface area contributed by atoms with Gasteiger partial charge in [-0.2, -0.15) is 4.98 Å². The number of ether oxygens (including phenoxy) is 1. The minimum atomic E-state index is -0.903. The zero-order valence-electron chi connectivity index (χ0n) is 19.4. The highest BCUT2D eigenvalue weighted by atomic mass is 35.5.